The fourth-order valence-electron chi connectivity index (χ4n) is 1.31. The van der Waals surface area contributed by atoms with Crippen molar-refractivity contribution in [1.29, 1.82) is 5.26 Å². The van der Waals surface area contributed by atoms with E-state index < -0.39 is 0 Å². The highest BCUT2D eigenvalue weighted by Crippen LogP contribution is 2.30. The predicted molar refractivity (Wildman–Crippen MR) is 61.8 cm³/mol. The van der Waals surface area contributed by atoms with E-state index in [-0.39, 0.29) is 0 Å². The Bertz CT molecular complexity index is 511. The molecule has 0 spiro atoms. The lowest BCUT2D eigenvalue weighted by atomic mass is 10.1. The average Bonchev–Trinajstić information content (AvgIpc) is 2.77. The molecule has 2 aromatic rings. The Morgan fingerprint density at radius 3 is 2.87 bits per heavy atom. The molecule has 4 heteroatoms. The molecular formula is C11H9N3S. The molecule has 1 heterocycles. The molecule has 2 rings (SSSR count). The molecule has 0 unspecified atom stereocenters. The van der Waals surface area contributed by atoms with Gasteiger partial charge < -0.3 is 5.32 Å². The normalized spacial score (nSPS) is 9.60. The number of nitrogens with one attached hydrogen (secondary N) is 1. The molecule has 1 aromatic carbocycles. The zero-order chi connectivity index (χ0) is 10.7. The van der Waals surface area contributed by atoms with Crippen LogP contribution in [0.1, 0.15) is 5.56 Å². The fraction of sp³-hybridized carbons (Fsp3) is 0.0909. The third-order valence-corrected chi connectivity index (χ3v) is 3.08. The maximum Gasteiger partial charge on any atom is 0.182 e. The third-order valence-electron chi connectivity index (χ3n) is 2.03. The second-order valence-corrected chi connectivity index (χ2v) is 3.97. The van der Waals surface area contributed by atoms with E-state index in [1.165, 1.54) is 0 Å². The number of thiazole rings is 1. The lowest BCUT2D eigenvalue weighted by Crippen LogP contribution is -1.83. The van der Waals surface area contributed by atoms with E-state index in [4.69, 9.17) is 5.26 Å². The quantitative estimate of drug-likeness (QED) is 0.838. The van der Waals surface area contributed by atoms with Gasteiger partial charge in [0.1, 0.15) is 0 Å². The Morgan fingerprint density at radius 1 is 1.40 bits per heavy atom. The van der Waals surface area contributed by atoms with Gasteiger partial charge in [0, 0.05) is 18.8 Å². The molecule has 0 atom stereocenters. The molecule has 0 saturated heterocycles. The van der Waals surface area contributed by atoms with Crippen molar-refractivity contribution >= 4 is 16.5 Å². The minimum absolute atomic E-state index is 0.684. The SMILES string of the molecule is CNc1ncc(-c2ccccc2C#N)s1. The van der Waals surface area contributed by atoms with Crippen LogP contribution in [0.2, 0.25) is 0 Å². The minimum Gasteiger partial charge on any atom is -0.365 e. The lowest BCUT2D eigenvalue weighted by Gasteiger charge is -1.98. The van der Waals surface area contributed by atoms with Crippen LogP contribution in [-0.4, -0.2) is 12.0 Å². The number of aromatic nitrogens is 1. The number of anilines is 1. The summed E-state index contributed by atoms with van der Waals surface area (Å²) in [5.41, 5.74) is 1.63. The number of hydrogen-bond donors (Lipinski definition) is 1. The molecular weight excluding hydrogens is 206 g/mol. The zero-order valence-electron chi connectivity index (χ0n) is 8.19. The molecule has 0 saturated carbocycles. The van der Waals surface area contributed by atoms with E-state index in [0.29, 0.717) is 5.56 Å². The molecule has 0 radical (unpaired) electrons. The Hall–Kier alpha value is -1.86. The van der Waals surface area contributed by atoms with Gasteiger partial charge in [0.2, 0.25) is 0 Å². The van der Waals surface area contributed by atoms with Gasteiger partial charge in [-0.15, -0.1) is 0 Å². The van der Waals surface area contributed by atoms with Crippen LogP contribution >= 0.6 is 11.3 Å². The maximum absolute atomic E-state index is 8.96. The van der Waals surface area contributed by atoms with E-state index >= 15 is 0 Å². The average molecular weight is 215 g/mol. The van der Waals surface area contributed by atoms with Crippen LogP contribution in [0, 0.1) is 11.3 Å². The van der Waals surface area contributed by atoms with Gasteiger partial charge in [-0.25, -0.2) is 4.98 Å². The summed E-state index contributed by atoms with van der Waals surface area (Å²) in [6.07, 6.45) is 1.78. The van der Waals surface area contributed by atoms with Gasteiger partial charge in [-0.1, -0.05) is 29.5 Å². The summed E-state index contributed by atoms with van der Waals surface area (Å²) in [5, 5.41) is 12.8. The lowest BCUT2D eigenvalue weighted by molar-refractivity contribution is 1.37. The summed E-state index contributed by atoms with van der Waals surface area (Å²) in [4.78, 5) is 5.20. The van der Waals surface area contributed by atoms with Crippen molar-refractivity contribution < 1.29 is 0 Å². The van der Waals surface area contributed by atoms with Crippen LogP contribution < -0.4 is 5.32 Å². The molecule has 0 aliphatic rings. The Kier molecular flexibility index (Phi) is 2.66. The van der Waals surface area contributed by atoms with Gasteiger partial charge in [-0.3, -0.25) is 0 Å². The summed E-state index contributed by atoms with van der Waals surface area (Å²) in [7, 11) is 1.83. The molecule has 0 fully saturated rings. The summed E-state index contributed by atoms with van der Waals surface area (Å²) >= 11 is 1.54. The standard InChI is InChI=1S/C11H9N3S/c1-13-11-14-7-10(15-11)9-5-3-2-4-8(9)6-12/h2-5,7H,1H3,(H,13,14). The number of nitrogens with zero attached hydrogens (tertiary/aromatic N) is 2. The maximum atomic E-state index is 8.96. The van der Waals surface area contributed by atoms with E-state index in [9.17, 15) is 0 Å². The van der Waals surface area contributed by atoms with Crippen molar-refractivity contribution in [2.45, 2.75) is 0 Å². The first-order valence-electron chi connectivity index (χ1n) is 4.48. The first kappa shape index (κ1) is 9.69. The van der Waals surface area contributed by atoms with E-state index in [2.05, 4.69) is 16.4 Å². The summed E-state index contributed by atoms with van der Waals surface area (Å²) in [5.74, 6) is 0. The van der Waals surface area contributed by atoms with Crippen LogP contribution in [0.5, 0.6) is 0 Å². The van der Waals surface area contributed by atoms with Crippen LogP contribution in [0.4, 0.5) is 5.13 Å². The fourth-order valence-corrected chi connectivity index (χ4v) is 2.12. The first-order valence-corrected chi connectivity index (χ1v) is 5.30. The molecule has 0 bridgehead atoms. The van der Waals surface area contributed by atoms with Crippen molar-refractivity contribution in [3.63, 3.8) is 0 Å². The van der Waals surface area contributed by atoms with Crippen molar-refractivity contribution in [2.75, 3.05) is 12.4 Å². The number of rotatable bonds is 2. The second kappa shape index (κ2) is 4.11. The van der Waals surface area contributed by atoms with E-state index in [0.717, 1.165) is 15.6 Å². The molecule has 1 aromatic heterocycles. The van der Waals surface area contributed by atoms with E-state index in [1.54, 1.807) is 17.5 Å². The number of nitriles is 1. The van der Waals surface area contributed by atoms with Crippen molar-refractivity contribution in [3.05, 3.63) is 36.0 Å². The summed E-state index contributed by atoms with van der Waals surface area (Å²) in [6, 6.07) is 9.72. The van der Waals surface area contributed by atoms with Crippen LogP contribution in [0.3, 0.4) is 0 Å². The highest BCUT2D eigenvalue weighted by atomic mass is 32.1. The summed E-state index contributed by atoms with van der Waals surface area (Å²) in [6.45, 7) is 0. The molecule has 0 amide bonds. The third kappa shape index (κ3) is 1.83. The smallest absolute Gasteiger partial charge is 0.182 e. The molecule has 0 aliphatic carbocycles. The Morgan fingerprint density at radius 2 is 2.20 bits per heavy atom. The number of hydrogen-bond acceptors (Lipinski definition) is 4. The van der Waals surface area contributed by atoms with Crippen LogP contribution in [0.15, 0.2) is 30.5 Å². The minimum atomic E-state index is 0.684. The predicted octanol–water partition coefficient (Wildman–Crippen LogP) is 2.72. The molecule has 15 heavy (non-hydrogen) atoms. The van der Waals surface area contributed by atoms with Gasteiger partial charge in [0.25, 0.3) is 0 Å². The molecule has 1 N–H and O–H groups in total. The Labute approximate surface area is 92.0 Å². The molecule has 0 aliphatic heterocycles. The first-order chi connectivity index (χ1) is 7.35. The largest absolute Gasteiger partial charge is 0.365 e. The van der Waals surface area contributed by atoms with Crippen molar-refractivity contribution in [1.82, 2.24) is 4.98 Å². The van der Waals surface area contributed by atoms with Gasteiger partial charge in [0.15, 0.2) is 5.13 Å². The van der Waals surface area contributed by atoms with Crippen LogP contribution in [-0.2, 0) is 0 Å². The summed E-state index contributed by atoms with van der Waals surface area (Å²) < 4.78 is 0. The number of benzene rings is 1. The molecule has 74 valence electrons. The van der Waals surface area contributed by atoms with Gasteiger partial charge in [0.05, 0.1) is 16.5 Å². The van der Waals surface area contributed by atoms with Gasteiger partial charge in [-0.2, -0.15) is 5.26 Å². The second-order valence-electron chi connectivity index (χ2n) is 2.94. The van der Waals surface area contributed by atoms with Gasteiger partial charge >= 0.3 is 0 Å². The molecule has 3 nitrogen and oxygen atoms in total. The Balaban J connectivity index is 2.49. The highest BCUT2D eigenvalue weighted by molar-refractivity contribution is 7.18. The van der Waals surface area contributed by atoms with Crippen LogP contribution in [0.25, 0.3) is 10.4 Å². The van der Waals surface area contributed by atoms with E-state index in [1.807, 2.05) is 31.3 Å². The highest BCUT2D eigenvalue weighted by Gasteiger charge is 2.07. The monoisotopic (exact) mass is 215 g/mol. The van der Waals surface area contributed by atoms with Crippen molar-refractivity contribution in [2.24, 2.45) is 0 Å². The van der Waals surface area contributed by atoms with Gasteiger partial charge in [-0.05, 0) is 6.07 Å². The van der Waals surface area contributed by atoms with Crippen molar-refractivity contribution in [3.8, 4) is 16.5 Å². The zero-order valence-corrected chi connectivity index (χ0v) is 9.01. The topological polar surface area (TPSA) is 48.7 Å².